The molecular weight excluding hydrogens is 331 g/mol. The second-order valence-corrected chi connectivity index (χ2v) is 6.75. The molecule has 0 unspecified atom stereocenters. The van der Waals surface area contributed by atoms with Gasteiger partial charge in [0.25, 0.3) is 0 Å². The van der Waals surface area contributed by atoms with Gasteiger partial charge in [0.15, 0.2) is 0 Å². The summed E-state index contributed by atoms with van der Waals surface area (Å²) in [4.78, 5) is 12.1. The van der Waals surface area contributed by atoms with Crippen molar-refractivity contribution in [1.82, 2.24) is 5.32 Å². The average Bonchev–Trinajstić information content (AvgIpc) is 2.51. The Morgan fingerprint density at radius 3 is 2.39 bits per heavy atom. The van der Waals surface area contributed by atoms with Crippen molar-refractivity contribution in [2.24, 2.45) is 0 Å². The quantitative estimate of drug-likeness (QED) is 0.779. The van der Waals surface area contributed by atoms with Crippen molar-refractivity contribution in [1.29, 1.82) is 0 Å². The van der Waals surface area contributed by atoms with Crippen molar-refractivity contribution < 1.29 is 4.79 Å². The zero-order valence-corrected chi connectivity index (χ0v) is 14.1. The van der Waals surface area contributed by atoms with Gasteiger partial charge in [0, 0.05) is 17.6 Å². The lowest BCUT2D eigenvalue weighted by Gasteiger charge is -2.42. The molecule has 0 heterocycles. The summed E-state index contributed by atoms with van der Waals surface area (Å²) in [6.07, 6.45) is 3.40. The third kappa shape index (κ3) is 3.62. The first-order chi connectivity index (χ1) is 11.1. The third-order valence-electron chi connectivity index (χ3n) is 4.46. The van der Waals surface area contributed by atoms with Crippen molar-refractivity contribution >= 4 is 34.9 Å². The Morgan fingerprint density at radius 2 is 1.78 bits per heavy atom. The minimum absolute atomic E-state index is 0.0657. The fourth-order valence-electron chi connectivity index (χ4n) is 2.96. The summed E-state index contributed by atoms with van der Waals surface area (Å²) in [5.41, 5.74) is 1.98. The molecule has 3 nitrogen and oxygen atoms in total. The molecule has 0 radical (unpaired) electrons. The molecule has 0 aliphatic heterocycles. The first-order valence-electron chi connectivity index (χ1n) is 7.65. The molecule has 1 aliphatic carbocycles. The number of hydrogen-bond donors (Lipinski definition) is 2. The van der Waals surface area contributed by atoms with E-state index in [1.54, 1.807) is 18.2 Å². The van der Waals surface area contributed by atoms with Crippen LogP contribution in [0.25, 0.3) is 0 Å². The summed E-state index contributed by atoms with van der Waals surface area (Å²) in [6, 6.07) is 15.2. The van der Waals surface area contributed by atoms with Crippen molar-refractivity contribution in [2.75, 3.05) is 11.9 Å². The van der Waals surface area contributed by atoms with Gasteiger partial charge < -0.3 is 10.6 Å². The largest absolute Gasteiger partial charge is 0.337 e. The second kappa shape index (κ2) is 6.81. The van der Waals surface area contributed by atoms with Gasteiger partial charge in [0.2, 0.25) is 0 Å². The molecule has 120 valence electrons. The molecule has 0 atom stereocenters. The van der Waals surface area contributed by atoms with Crippen molar-refractivity contribution in [3.8, 4) is 0 Å². The molecule has 0 bridgehead atoms. The fourth-order valence-corrected chi connectivity index (χ4v) is 3.26. The smallest absolute Gasteiger partial charge is 0.319 e. The highest BCUT2D eigenvalue weighted by molar-refractivity contribution is 6.42. The SMILES string of the molecule is O=C(NCC1(c2ccccc2)CCC1)Nc1ccc(Cl)c(Cl)c1. The zero-order valence-electron chi connectivity index (χ0n) is 12.6. The van der Waals surface area contributed by atoms with E-state index < -0.39 is 0 Å². The van der Waals surface area contributed by atoms with Crippen LogP contribution in [0.5, 0.6) is 0 Å². The van der Waals surface area contributed by atoms with Gasteiger partial charge >= 0.3 is 6.03 Å². The van der Waals surface area contributed by atoms with Crippen LogP contribution in [-0.2, 0) is 5.41 Å². The summed E-state index contributed by atoms with van der Waals surface area (Å²) >= 11 is 11.8. The monoisotopic (exact) mass is 348 g/mol. The van der Waals surface area contributed by atoms with Crippen LogP contribution in [0, 0.1) is 0 Å². The summed E-state index contributed by atoms with van der Waals surface area (Å²) in [7, 11) is 0. The molecule has 23 heavy (non-hydrogen) atoms. The van der Waals surface area contributed by atoms with Gasteiger partial charge in [-0.1, -0.05) is 60.0 Å². The summed E-state index contributed by atoms with van der Waals surface area (Å²) in [5, 5.41) is 6.66. The third-order valence-corrected chi connectivity index (χ3v) is 5.20. The van der Waals surface area contributed by atoms with E-state index in [0.717, 1.165) is 12.8 Å². The fraction of sp³-hybridized carbons (Fsp3) is 0.278. The Labute approximate surface area is 146 Å². The number of halogens is 2. The lowest BCUT2D eigenvalue weighted by molar-refractivity contribution is 0.222. The van der Waals surface area contributed by atoms with Crippen LogP contribution in [0.2, 0.25) is 10.0 Å². The van der Waals surface area contributed by atoms with E-state index in [2.05, 4.69) is 22.8 Å². The Hall–Kier alpha value is -1.71. The number of anilines is 1. The maximum Gasteiger partial charge on any atom is 0.319 e. The van der Waals surface area contributed by atoms with E-state index >= 15 is 0 Å². The molecule has 5 heteroatoms. The van der Waals surface area contributed by atoms with Crippen molar-refractivity contribution in [2.45, 2.75) is 24.7 Å². The summed E-state index contributed by atoms with van der Waals surface area (Å²) in [5.74, 6) is 0. The van der Waals surface area contributed by atoms with Crippen LogP contribution < -0.4 is 10.6 Å². The van der Waals surface area contributed by atoms with Crippen LogP contribution in [0.4, 0.5) is 10.5 Å². The van der Waals surface area contributed by atoms with Gasteiger partial charge in [-0.3, -0.25) is 0 Å². The molecule has 2 amide bonds. The topological polar surface area (TPSA) is 41.1 Å². The van der Waals surface area contributed by atoms with E-state index in [-0.39, 0.29) is 11.4 Å². The molecular formula is C18H18Cl2N2O. The highest BCUT2D eigenvalue weighted by Crippen LogP contribution is 2.43. The number of urea groups is 1. The van der Waals surface area contributed by atoms with Crippen LogP contribution in [0.15, 0.2) is 48.5 Å². The molecule has 1 fully saturated rings. The number of amides is 2. The predicted molar refractivity (Wildman–Crippen MR) is 95.5 cm³/mol. The van der Waals surface area contributed by atoms with Crippen molar-refractivity contribution in [3.63, 3.8) is 0 Å². The van der Waals surface area contributed by atoms with Crippen LogP contribution in [0.1, 0.15) is 24.8 Å². The highest BCUT2D eigenvalue weighted by Gasteiger charge is 2.38. The van der Waals surface area contributed by atoms with E-state index in [1.165, 1.54) is 12.0 Å². The predicted octanol–water partition coefficient (Wildman–Crippen LogP) is 5.24. The normalized spacial score (nSPS) is 15.6. The molecule has 2 N–H and O–H groups in total. The summed E-state index contributed by atoms with van der Waals surface area (Å²) < 4.78 is 0. The van der Waals surface area contributed by atoms with Gasteiger partial charge in [0.1, 0.15) is 0 Å². The van der Waals surface area contributed by atoms with Gasteiger partial charge in [-0.25, -0.2) is 4.79 Å². The Balaban J connectivity index is 1.61. The number of nitrogens with one attached hydrogen (secondary N) is 2. The molecule has 2 aromatic rings. The molecule has 3 rings (SSSR count). The first-order valence-corrected chi connectivity index (χ1v) is 8.40. The van der Waals surface area contributed by atoms with Gasteiger partial charge in [-0.2, -0.15) is 0 Å². The molecule has 0 aromatic heterocycles. The molecule has 0 spiro atoms. The lowest BCUT2D eigenvalue weighted by atomic mass is 9.64. The van der Waals surface area contributed by atoms with E-state index in [1.807, 2.05) is 18.2 Å². The lowest BCUT2D eigenvalue weighted by Crippen LogP contribution is -2.46. The maximum atomic E-state index is 12.1. The molecule has 1 aliphatic rings. The Morgan fingerprint density at radius 1 is 1.04 bits per heavy atom. The number of rotatable bonds is 4. The van der Waals surface area contributed by atoms with Crippen molar-refractivity contribution in [3.05, 3.63) is 64.1 Å². The summed E-state index contributed by atoms with van der Waals surface area (Å²) in [6.45, 7) is 0.629. The molecule has 2 aromatic carbocycles. The minimum atomic E-state index is -0.231. The van der Waals surface area contributed by atoms with Crippen LogP contribution >= 0.6 is 23.2 Å². The first kappa shape index (κ1) is 16.2. The van der Waals surface area contributed by atoms with E-state index in [4.69, 9.17) is 23.2 Å². The van der Waals surface area contributed by atoms with E-state index in [9.17, 15) is 4.79 Å². The Kier molecular flexibility index (Phi) is 4.79. The zero-order chi connectivity index (χ0) is 16.3. The minimum Gasteiger partial charge on any atom is -0.337 e. The maximum absolute atomic E-state index is 12.1. The van der Waals surface area contributed by atoms with Crippen LogP contribution in [0.3, 0.4) is 0 Å². The Bertz CT molecular complexity index is 699. The van der Waals surface area contributed by atoms with Crippen LogP contribution in [-0.4, -0.2) is 12.6 Å². The standard InChI is InChI=1S/C18H18Cl2N2O/c19-15-8-7-14(11-16(15)20)22-17(23)21-12-18(9-4-10-18)13-5-2-1-3-6-13/h1-3,5-8,11H,4,9-10,12H2,(H2,21,22,23). The van der Waals surface area contributed by atoms with E-state index in [0.29, 0.717) is 22.3 Å². The van der Waals surface area contributed by atoms with Gasteiger partial charge in [-0.05, 0) is 36.6 Å². The molecule has 0 saturated heterocycles. The second-order valence-electron chi connectivity index (χ2n) is 5.94. The average molecular weight is 349 g/mol. The van der Waals surface area contributed by atoms with Gasteiger partial charge in [0.05, 0.1) is 10.0 Å². The molecule has 1 saturated carbocycles. The number of benzene rings is 2. The highest BCUT2D eigenvalue weighted by atomic mass is 35.5. The number of carbonyl (C=O) groups excluding carboxylic acids is 1. The number of hydrogen-bond acceptors (Lipinski definition) is 1. The van der Waals surface area contributed by atoms with Gasteiger partial charge in [-0.15, -0.1) is 0 Å². The number of carbonyl (C=O) groups is 1.